The van der Waals surface area contributed by atoms with E-state index in [0.717, 1.165) is 0 Å². The van der Waals surface area contributed by atoms with Gasteiger partial charge in [0.05, 0.1) is 5.69 Å². The Morgan fingerprint density at radius 3 is 1.90 bits per heavy atom. The van der Waals surface area contributed by atoms with Gasteiger partial charge in [0, 0.05) is 44.3 Å². The van der Waals surface area contributed by atoms with Gasteiger partial charge in [0.1, 0.15) is 5.75 Å². The van der Waals surface area contributed by atoms with Crippen LogP contribution >= 0.6 is 0 Å². The summed E-state index contributed by atoms with van der Waals surface area (Å²) in [4.78, 5) is 3.71. The average molecular weight is 449 g/mol. The standard InChI is InChI=1S/C20H21F6N3O2/c21-19(22,23)30-17-7-3-1-5-14(17)15(27)13-28-9-11-29(12-10-28)16-6-2-4-8-18(16)31-20(24,25)26/h1-8,15H,9-13,27H2. The van der Waals surface area contributed by atoms with E-state index < -0.39 is 18.8 Å². The fourth-order valence-corrected chi connectivity index (χ4v) is 3.48. The lowest BCUT2D eigenvalue weighted by Crippen LogP contribution is -2.48. The number of piperazine rings is 1. The van der Waals surface area contributed by atoms with Crippen LogP contribution in [0.5, 0.6) is 11.5 Å². The maximum Gasteiger partial charge on any atom is 0.573 e. The second kappa shape index (κ2) is 9.23. The number of rotatable bonds is 6. The van der Waals surface area contributed by atoms with E-state index in [1.165, 1.54) is 30.3 Å². The summed E-state index contributed by atoms with van der Waals surface area (Å²) in [5.41, 5.74) is 6.69. The highest BCUT2D eigenvalue weighted by molar-refractivity contribution is 5.58. The summed E-state index contributed by atoms with van der Waals surface area (Å²) < 4.78 is 84.0. The average Bonchev–Trinajstić information content (AvgIpc) is 2.67. The van der Waals surface area contributed by atoms with Crippen molar-refractivity contribution >= 4 is 5.69 Å². The number of nitrogens with two attached hydrogens (primary N) is 1. The summed E-state index contributed by atoms with van der Waals surface area (Å²) in [5, 5.41) is 0. The molecule has 0 aromatic heterocycles. The highest BCUT2D eigenvalue weighted by atomic mass is 19.4. The van der Waals surface area contributed by atoms with Crippen LogP contribution in [0.15, 0.2) is 48.5 Å². The van der Waals surface area contributed by atoms with Crippen molar-refractivity contribution in [3.8, 4) is 11.5 Å². The molecule has 2 N–H and O–H groups in total. The van der Waals surface area contributed by atoms with Crippen LogP contribution in [0.2, 0.25) is 0 Å². The van der Waals surface area contributed by atoms with E-state index in [1.54, 1.807) is 23.1 Å². The number of nitrogens with zero attached hydrogens (tertiary/aromatic N) is 2. The van der Waals surface area contributed by atoms with Crippen molar-refractivity contribution in [2.75, 3.05) is 37.6 Å². The largest absolute Gasteiger partial charge is 0.573 e. The van der Waals surface area contributed by atoms with E-state index in [4.69, 9.17) is 5.73 Å². The molecular formula is C20H21F6N3O2. The van der Waals surface area contributed by atoms with Crippen LogP contribution in [0.3, 0.4) is 0 Å². The zero-order valence-corrected chi connectivity index (χ0v) is 16.3. The summed E-state index contributed by atoms with van der Waals surface area (Å²) in [7, 11) is 0. The van der Waals surface area contributed by atoms with Crippen LogP contribution in [0.1, 0.15) is 11.6 Å². The molecule has 1 fully saturated rings. The van der Waals surface area contributed by atoms with Crippen LogP contribution in [-0.4, -0.2) is 50.3 Å². The van der Waals surface area contributed by atoms with Crippen molar-refractivity contribution in [3.63, 3.8) is 0 Å². The Morgan fingerprint density at radius 1 is 0.774 bits per heavy atom. The van der Waals surface area contributed by atoms with Gasteiger partial charge in [0.25, 0.3) is 0 Å². The van der Waals surface area contributed by atoms with Crippen molar-refractivity contribution in [1.82, 2.24) is 4.90 Å². The van der Waals surface area contributed by atoms with Gasteiger partial charge in [0.15, 0.2) is 5.75 Å². The Kier molecular flexibility index (Phi) is 6.85. The SMILES string of the molecule is NC(CN1CCN(c2ccccc2OC(F)(F)F)CC1)c1ccccc1OC(F)(F)F. The van der Waals surface area contributed by atoms with Crippen LogP contribution in [0.4, 0.5) is 32.0 Å². The minimum absolute atomic E-state index is 0.228. The fraction of sp³-hybridized carbons (Fsp3) is 0.400. The number of para-hydroxylation sites is 3. The molecule has 2 aromatic carbocycles. The van der Waals surface area contributed by atoms with Gasteiger partial charge in [0.2, 0.25) is 0 Å². The lowest BCUT2D eigenvalue weighted by Gasteiger charge is -2.37. The molecule has 0 amide bonds. The Hall–Kier alpha value is -2.66. The molecule has 0 saturated carbocycles. The summed E-state index contributed by atoms with van der Waals surface area (Å²) in [6, 6.07) is 10.8. The molecule has 2 aromatic rings. The zero-order valence-electron chi connectivity index (χ0n) is 16.3. The normalized spacial score (nSPS) is 16.8. The molecule has 5 nitrogen and oxygen atoms in total. The van der Waals surface area contributed by atoms with Crippen LogP contribution in [0, 0.1) is 0 Å². The quantitative estimate of drug-likeness (QED) is 0.667. The predicted molar refractivity (Wildman–Crippen MR) is 102 cm³/mol. The maximum atomic E-state index is 12.6. The van der Waals surface area contributed by atoms with Crippen LogP contribution in [-0.2, 0) is 0 Å². The molecule has 3 rings (SSSR count). The van der Waals surface area contributed by atoms with Gasteiger partial charge >= 0.3 is 12.7 Å². The Balaban J connectivity index is 1.62. The first-order chi connectivity index (χ1) is 14.5. The van der Waals surface area contributed by atoms with Crippen molar-refractivity contribution in [2.45, 2.75) is 18.8 Å². The molecule has 1 heterocycles. The van der Waals surface area contributed by atoms with Gasteiger partial charge in [-0.05, 0) is 18.2 Å². The highest BCUT2D eigenvalue weighted by Gasteiger charge is 2.34. The monoisotopic (exact) mass is 449 g/mol. The second-order valence-electron chi connectivity index (χ2n) is 7.00. The molecule has 11 heteroatoms. The lowest BCUT2D eigenvalue weighted by atomic mass is 10.1. The fourth-order valence-electron chi connectivity index (χ4n) is 3.48. The van der Waals surface area contributed by atoms with Gasteiger partial charge in [-0.3, -0.25) is 4.90 Å². The predicted octanol–water partition coefficient (Wildman–Crippen LogP) is 4.31. The summed E-state index contributed by atoms with van der Waals surface area (Å²) in [5.74, 6) is -0.627. The van der Waals surface area contributed by atoms with E-state index >= 15 is 0 Å². The van der Waals surface area contributed by atoms with Gasteiger partial charge in [-0.1, -0.05) is 30.3 Å². The third-order valence-electron chi connectivity index (χ3n) is 4.80. The van der Waals surface area contributed by atoms with Gasteiger partial charge in [-0.15, -0.1) is 26.3 Å². The summed E-state index contributed by atoms with van der Waals surface area (Å²) in [6.45, 7) is 2.02. The topological polar surface area (TPSA) is 51.0 Å². The molecule has 1 aliphatic heterocycles. The first kappa shape index (κ1) is 23.0. The Bertz CT molecular complexity index is 866. The van der Waals surface area contributed by atoms with E-state index in [1.807, 2.05) is 4.90 Å². The molecule has 1 aliphatic rings. The maximum absolute atomic E-state index is 12.6. The number of benzene rings is 2. The smallest absolute Gasteiger partial charge is 0.405 e. The molecule has 170 valence electrons. The number of hydrogen-bond acceptors (Lipinski definition) is 5. The van der Waals surface area contributed by atoms with E-state index in [0.29, 0.717) is 31.9 Å². The molecule has 0 spiro atoms. The van der Waals surface area contributed by atoms with Crippen LogP contribution < -0.4 is 20.1 Å². The molecule has 0 aliphatic carbocycles. The second-order valence-corrected chi connectivity index (χ2v) is 7.00. The molecule has 1 unspecified atom stereocenters. The Morgan fingerprint density at radius 2 is 1.29 bits per heavy atom. The highest BCUT2D eigenvalue weighted by Crippen LogP contribution is 2.34. The molecule has 0 bridgehead atoms. The third kappa shape index (κ3) is 6.66. The first-order valence-electron chi connectivity index (χ1n) is 9.44. The van der Waals surface area contributed by atoms with Gasteiger partial charge < -0.3 is 20.1 Å². The van der Waals surface area contributed by atoms with Crippen molar-refractivity contribution < 1.29 is 35.8 Å². The number of hydrogen-bond donors (Lipinski definition) is 1. The van der Waals surface area contributed by atoms with Crippen molar-refractivity contribution in [1.29, 1.82) is 0 Å². The number of anilines is 1. The summed E-state index contributed by atoms with van der Waals surface area (Å²) >= 11 is 0. The first-order valence-corrected chi connectivity index (χ1v) is 9.44. The third-order valence-corrected chi connectivity index (χ3v) is 4.80. The Labute approximate surface area is 174 Å². The minimum atomic E-state index is -4.83. The molecule has 1 atom stereocenters. The summed E-state index contributed by atoms with van der Waals surface area (Å²) in [6.07, 6.45) is -9.62. The van der Waals surface area contributed by atoms with Gasteiger partial charge in [-0.2, -0.15) is 0 Å². The molecule has 0 radical (unpaired) electrons. The minimum Gasteiger partial charge on any atom is -0.405 e. The lowest BCUT2D eigenvalue weighted by molar-refractivity contribution is -0.275. The molecule has 31 heavy (non-hydrogen) atoms. The van der Waals surface area contributed by atoms with Crippen LogP contribution in [0.25, 0.3) is 0 Å². The number of alkyl halides is 6. The molecule has 1 saturated heterocycles. The van der Waals surface area contributed by atoms with Crippen molar-refractivity contribution in [2.24, 2.45) is 5.73 Å². The number of ether oxygens (including phenoxy) is 2. The van der Waals surface area contributed by atoms with E-state index in [2.05, 4.69) is 9.47 Å². The van der Waals surface area contributed by atoms with E-state index in [9.17, 15) is 26.3 Å². The zero-order chi connectivity index (χ0) is 22.6. The van der Waals surface area contributed by atoms with E-state index in [-0.39, 0.29) is 23.6 Å². The molecular weight excluding hydrogens is 428 g/mol. The van der Waals surface area contributed by atoms with Crippen molar-refractivity contribution in [3.05, 3.63) is 54.1 Å². The number of halogens is 6. The van der Waals surface area contributed by atoms with Gasteiger partial charge in [-0.25, -0.2) is 0 Å².